The first-order valence-electron chi connectivity index (χ1n) is 8.00. The molecule has 2 aromatic carbocycles. The first-order chi connectivity index (χ1) is 12.2. The van der Waals surface area contributed by atoms with Crippen LogP contribution >= 0.6 is 11.8 Å². The van der Waals surface area contributed by atoms with E-state index in [0.29, 0.717) is 5.75 Å². The number of rotatable bonds is 7. The number of benzene rings is 2. The number of hydrogen-bond donors (Lipinski definition) is 2. The van der Waals surface area contributed by atoms with Gasteiger partial charge in [0.25, 0.3) is 0 Å². The molecule has 0 bridgehead atoms. The number of halogens is 1. The number of aromatic nitrogens is 1. The summed E-state index contributed by atoms with van der Waals surface area (Å²) >= 11 is 1.64. The normalized spacial score (nSPS) is 11.0. The topological polar surface area (TPSA) is 46.3 Å². The van der Waals surface area contributed by atoms with Crippen LogP contribution in [-0.4, -0.2) is 32.8 Å². The summed E-state index contributed by atoms with van der Waals surface area (Å²) in [5.74, 6) is 1.18. The van der Waals surface area contributed by atoms with Gasteiger partial charge in [-0.25, -0.2) is 4.39 Å². The van der Waals surface area contributed by atoms with Crippen LogP contribution in [0.1, 0.15) is 5.56 Å². The van der Waals surface area contributed by atoms with Gasteiger partial charge in [0.1, 0.15) is 5.82 Å². The van der Waals surface area contributed by atoms with E-state index in [1.165, 1.54) is 17.7 Å². The molecule has 0 saturated heterocycles. The number of hydrogen-bond acceptors (Lipinski definition) is 4. The molecule has 0 saturated carbocycles. The molecular weight excluding hydrogens is 339 g/mol. The van der Waals surface area contributed by atoms with Crippen LogP contribution in [0, 0.1) is 5.82 Å². The van der Waals surface area contributed by atoms with Crippen LogP contribution in [-0.2, 0) is 6.42 Å². The maximum absolute atomic E-state index is 13.4. The third-order valence-electron chi connectivity index (χ3n) is 4.04. The van der Waals surface area contributed by atoms with Gasteiger partial charge in [0, 0.05) is 26.9 Å². The lowest BCUT2D eigenvalue weighted by atomic mass is 10.1. The zero-order chi connectivity index (χ0) is 17.8. The number of methoxy groups -OCH3 is 2. The summed E-state index contributed by atoms with van der Waals surface area (Å²) in [4.78, 5) is 5.28. The molecule has 3 aromatic rings. The Morgan fingerprint density at radius 3 is 2.56 bits per heavy atom. The number of H-pyrrole nitrogens is 1. The van der Waals surface area contributed by atoms with Crippen LogP contribution in [0.4, 0.5) is 4.39 Å². The fraction of sp³-hybridized carbons (Fsp3) is 0.263. The lowest BCUT2D eigenvalue weighted by Gasteiger charge is -2.14. The number of ether oxygens (including phenoxy) is 2. The molecule has 6 heteroatoms. The van der Waals surface area contributed by atoms with Crippen LogP contribution < -0.4 is 14.8 Å². The Labute approximate surface area is 150 Å². The van der Waals surface area contributed by atoms with Gasteiger partial charge in [0.15, 0.2) is 11.5 Å². The second-order valence-electron chi connectivity index (χ2n) is 5.61. The first kappa shape index (κ1) is 17.6. The van der Waals surface area contributed by atoms with E-state index in [9.17, 15) is 4.39 Å². The number of fused-ring (bicyclic) bond motifs is 1. The molecule has 0 fully saturated rings. The Kier molecular flexibility index (Phi) is 5.50. The standard InChI is InChI=1S/C19H21FN2O2S/c1-21-7-6-12-8-16(23-2)17(24-3)10-18(12)25-19-11-22-15-9-13(20)4-5-14(15)19/h4-5,8-11,21-22H,6-7H2,1-3H3. The fourth-order valence-corrected chi connectivity index (χ4v) is 3.83. The molecule has 0 unspecified atom stereocenters. The van der Waals surface area contributed by atoms with Gasteiger partial charge in [-0.05, 0) is 55.9 Å². The van der Waals surface area contributed by atoms with Crippen LogP contribution in [0.15, 0.2) is 46.3 Å². The van der Waals surface area contributed by atoms with Gasteiger partial charge >= 0.3 is 0 Å². The minimum atomic E-state index is -0.244. The Morgan fingerprint density at radius 2 is 1.84 bits per heavy atom. The molecular formula is C19H21FN2O2S. The molecule has 0 aliphatic heterocycles. The lowest BCUT2D eigenvalue weighted by Crippen LogP contribution is -2.11. The van der Waals surface area contributed by atoms with Crippen molar-refractivity contribution in [1.82, 2.24) is 10.3 Å². The van der Waals surface area contributed by atoms with Gasteiger partial charge in [-0.2, -0.15) is 0 Å². The Morgan fingerprint density at radius 1 is 1.08 bits per heavy atom. The first-order valence-corrected chi connectivity index (χ1v) is 8.82. The third-order valence-corrected chi connectivity index (χ3v) is 5.19. The highest BCUT2D eigenvalue weighted by molar-refractivity contribution is 7.99. The van der Waals surface area contributed by atoms with Crippen LogP contribution in [0.3, 0.4) is 0 Å². The highest BCUT2D eigenvalue weighted by Gasteiger charge is 2.14. The van der Waals surface area contributed by atoms with Crippen molar-refractivity contribution >= 4 is 22.7 Å². The average Bonchev–Trinajstić information content (AvgIpc) is 3.02. The van der Waals surface area contributed by atoms with Crippen LogP contribution in [0.25, 0.3) is 10.9 Å². The van der Waals surface area contributed by atoms with Crippen molar-refractivity contribution in [3.63, 3.8) is 0 Å². The van der Waals surface area contributed by atoms with E-state index in [2.05, 4.69) is 10.3 Å². The van der Waals surface area contributed by atoms with Gasteiger partial charge in [-0.1, -0.05) is 11.8 Å². The smallest absolute Gasteiger partial charge is 0.161 e. The van der Waals surface area contributed by atoms with Gasteiger partial charge < -0.3 is 19.8 Å². The maximum atomic E-state index is 13.4. The number of nitrogens with one attached hydrogen (secondary N) is 2. The summed E-state index contributed by atoms with van der Waals surface area (Å²) < 4.78 is 24.3. The lowest BCUT2D eigenvalue weighted by molar-refractivity contribution is 0.353. The summed E-state index contributed by atoms with van der Waals surface area (Å²) in [7, 11) is 5.20. The molecule has 0 spiro atoms. The van der Waals surface area contributed by atoms with Crippen molar-refractivity contribution in [3.05, 3.63) is 47.9 Å². The van der Waals surface area contributed by atoms with Crippen LogP contribution in [0.5, 0.6) is 11.5 Å². The van der Waals surface area contributed by atoms with Crippen molar-refractivity contribution in [2.45, 2.75) is 16.2 Å². The predicted molar refractivity (Wildman–Crippen MR) is 99.6 cm³/mol. The highest BCUT2D eigenvalue weighted by atomic mass is 32.2. The summed E-state index contributed by atoms with van der Waals surface area (Å²) in [6.07, 6.45) is 2.78. The monoisotopic (exact) mass is 360 g/mol. The maximum Gasteiger partial charge on any atom is 0.161 e. The summed E-state index contributed by atoms with van der Waals surface area (Å²) in [5.41, 5.74) is 1.97. The Bertz CT molecular complexity index is 879. The quantitative estimate of drug-likeness (QED) is 0.662. The molecule has 4 nitrogen and oxygen atoms in total. The Balaban J connectivity index is 2.01. The summed E-state index contributed by atoms with van der Waals surface area (Å²) in [5, 5.41) is 4.18. The average molecular weight is 360 g/mol. The highest BCUT2D eigenvalue weighted by Crippen LogP contribution is 2.40. The van der Waals surface area contributed by atoms with E-state index in [-0.39, 0.29) is 5.82 Å². The van der Waals surface area contributed by atoms with Gasteiger partial charge in [-0.3, -0.25) is 0 Å². The van der Waals surface area contributed by atoms with Crippen molar-refractivity contribution < 1.29 is 13.9 Å². The van der Waals surface area contributed by atoms with Crippen LogP contribution in [0.2, 0.25) is 0 Å². The molecule has 0 atom stereocenters. The molecule has 1 aromatic heterocycles. The molecule has 132 valence electrons. The minimum absolute atomic E-state index is 0.244. The second-order valence-corrected chi connectivity index (χ2v) is 6.70. The van der Waals surface area contributed by atoms with E-state index in [4.69, 9.17) is 9.47 Å². The van der Waals surface area contributed by atoms with E-state index < -0.39 is 0 Å². The van der Waals surface area contributed by atoms with Crippen molar-refractivity contribution in [2.75, 3.05) is 27.8 Å². The minimum Gasteiger partial charge on any atom is -0.493 e. The molecule has 1 heterocycles. The van der Waals surface area contributed by atoms with Gasteiger partial charge in [-0.15, -0.1) is 0 Å². The van der Waals surface area contributed by atoms with E-state index in [1.807, 2.05) is 25.4 Å². The largest absolute Gasteiger partial charge is 0.493 e. The van der Waals surface area contributed by atoms with E-state index in [0.717, 1.165) is 39.4 Å². The molecule has 3 rings (SSSR count). The fourth-order valence-electron chi connectivity index (χ4n) is 2.73. The molecule has 0 aliphatic carbocycles. The summed E-state index contributed by atoms with van der Waals surface area (Å²) in [6.45, 7) is 0.863. The molecule has 0 amide bonds. The van der Waals surface area contributed by atoms with Crippen molar-refractivity contribution in [1.29, 1.82) is 0 Å². The summed E-state index contributed by atoms with van der Waals surface area (Å²) in [6, 6.07) is 8.81. The molecule has 0 radical (unpaired) electrons. The second kappa shape index (κ2) is 7.80. The Hall–Kier alpha value is -2.18. The van der Waals surface area contributed by atoms with E-state index in [1.54, 1.807) is 32.0 Å². The van der Waals surface area contributed by atoms with Crippen molar-refractivity contribution in [3.8, 4) is 11.5 Å². The SMILES string of the molecule is CNCCc1cc(OC)c(OC)cc1Sc1c[nH]c2cc(F)ccc12. The van der Waals surface area contributed by atoms with E-state index >= 15 is 0 Å². The van der Waals surface area contributed by atoms with Crippen molar-refractivity contribution in [2.24, 2.45) is 0 Å². The number of likely N-dealkylation sites (N-methyl/N-ethyl adjacent to an activating group) is 1. The van der Waals surface area contributed by atoms with Gasteiger partial charge in [0.2, 0.25) is 0 Å². The predicted octanol–water partition coefficient (Wildman–Crippen LogP) is 4.24. The molecule has 25 heavy (non-hydrogen) atoms. The molecule has 0 aliphatic rings. The molecule has 2 N–H and O–H groups in total. The zero-order valence-electron chi connectivity index (χ0n) is 14.5. The zero-order valence-corrected chi connectivity index (χ0v) is 15.3. The number of aromatic amines is 1. The van der Waals surface area contributed by atoms with Gasteiger partial charge in [0.05, 0.1) is 14.2 Å². The third kappa shape index (κ3) is 3.75.